The summed E-state index contributed by atoms with van der Waals surface area (Å²) in [6, 6.07) is 8.32. The Morgan fingerprint density at radius 3 is 2.23 bits per heavy atom. The molecule has 0 radical (unpaired) electrons. The van der Waals surface area contributed by atoms with E-state index in [1.54, 1.807) is 19.1 Å². The summed E-state index contributed by atoms with van der Waals surface area (Å²) in [5, 5.41) is 9.66. The quantitative estimate of drug-likeness (QED) is 0.436. The third-order valence-corrected chi connectivity index (χ3v) is 5.62. The van der Waals surface area contributed by atoms with Gasteiger partial charge in [0.1, 0.15) is 0 Å². The monoisotopic (exact) mass is 376 g/mol. The van der Waals surface area contributed by atoms with Crippen molar-refractivity contribution in [3.8, 4) is 11.5 Å². The van der Waals surface area contributed by atoms with Gasteiger partial charge in [-0.3, -0.25) is 15.0 Å². The first-order valence-electron chi connectivity index (χ1n) is 7.33. The highest BCUT2D eigenvalue weighted by Crippen LogP contribution is 2.42. The summed E-state index contributed by atoms with van der Waals surface area (Å²) in [7, 11) is -1.57. The van der Waals surface area contributed by atoms with Gasteiger partial charge in [-0.1, -0.05) is 17.7 Å². The molecule has 0 N–H and O–H groups in total. The maximum absolute atomic E-state index is 12.9. The molecule has 9 heteroatoms. The van der Waals surface area contributed by atoms with Crippen LogP contribution in [0.25, 0.3) is 4.85 Å². The number of rotatable bonds is 6. The predicted molar refractivity (Wildman–Crippen MR) is 93.9 cm³/mol. The first-order valence-corrected chi connectivity index (χ1v) is 8.88. The molecule has 0 saturated heterocycles. The molecule has 2 aromatic rings. The van der Waals surface area contributed by atoms with Gasteiger partial charge in [-0.25, -0.2) is 15.0 Å². The van der Waals surface area contributed by atoms with Gasteiger partial charge in [0.15, 0.2) is 5.75 Å². The Labute approximate surface area is 150 Å². The van der Waals surface area contributed by atoms with Crippen molar-refractivity contribution in [3.63, 3.8) is 0 Å². The fraction of sp³-hybridized carbons (Fsp3) is 0.235. The highest BCUT2D eigenvalue weighted by molar-refractivity contribution is 7.91. The van der Waals surface area contributed by atoms with Crippen molar-refractivity contribution < 1.29 is 22.8 Å². The summed E-state index contributed by atoms with van der Waals surface area (Å²) in [5.41, 5.74) is 0.324. The van der Waals surface area contributed by atoms with Gasteiger partial charge in [0, 0.05) is 6.07 Å². The molecule has 1 atom stereocenters. The minimum absolute atomic E-state index is 0.0237. The third-order valence-electron chi connectivity index (χ3n) is 3.72. The second-order valence-electron chi connectivity index (χ2n) is 5.37. The van der Waals surface area contributed by atoms with Crippen molar-refractivity contribution >= 4 is 15.5 Å². The van der Waals surface area contributed by atoms with Gasteiger partial charge >= 0.3 is 11.1 Å². The lowest BCUT2D eigenvalue weighted by atomic mass is 10.1. The van der Waals surface area contributed by atoms with Crippen LogP contribution in [-0.2, 0) is 9.84 Å². The smallest absolute Gasteiger partial charge is 0.350 e. The molecule has 0 saturated carbocycles. The lowest BCUT2D eigenvalue weighted by molar-refractivity contribution is -0.385. The third kappa shape index (κ3) is 3.45. The lowest BCUT2D eigenvalue weighted by Crippen LogP contribution is -2.11. The zero-order valence-electron chi connectivity index (χ0n) is 14.3. The molecule has 0 amide bonds. The van der Waals surface area contributed by atoms with Gasteiger partial charge in [-0.2, -0.15) is 0 Å². The van der Waals surface area contributed by atoms with E-state index in [0.29, 0.717) is 0 Å². The van der Waals surface area contributed by atoms with Crippen LogP contribution in [0.2, 0.25) is 0 Å². The molecule has 8 nitrogen and oxygen atoms in total. The van der Waals surface area contributed by atoms with Gasteiger partial charge in [-0.05, 0) is 25.1 Å². The van der Waals surface area contributed by atoms with Crippen LogP contribution in [0.4, 0.5) is 5.69 Å². The minimum atomic E-state index is -4.08. The number of methoxy groups -OCH3 is 2. The first-order chi connectivity index (χ1) is 12.3. The molecule has 0 aromatic heterocycles. The Hall–Kier alpha value is -3.12. The Balaban J connectivity index is 2.67. The standard InChI is InChI=1S/C17H16N2O6S/c1-11-5-7-13(8-6-11)26(22,23)17(18-2)12-9-14(19(20)21)16(25-4)15(10-12)24-3/h5-10,17H,1,3-4H3. The molecule has 0 fully saturated rings. The van der Waals surface area contributed by atoms with E-state index < -0.39 is 25.8 Å². The predicted octanol–water partition coefficient (Wildman–Crippen LogP) is 3.31. The van der Waals surface area contributed by atoms with Crippen LogP contribution in [0.1, 0.15) is 16.5 Å². The zero-order valence-corrected chi connectivity index (χ0v) is 15.1. The molecular weight excluding hydrogens is 360 g/mol. The van der Waals surface area contributed by atoms with E-state index in [-0.39, 0.29) is 22.0 Å². The van der Waals surface area contributed by atoms with E-state index in [1.165, 1.54) is 32.4 Å². The van der Waals surface area contributed by atoms with E-state index in [4.69, 9.17) is 16.0 Å². The van der Waals surface area contributed by atoms with Crippen molar-refractivity contribution in [1.29, 1.82) is 0 Å². The number of hydrogen-bond donors (Lipinski definition) is 0. The Bertz CT molecular complexity index is 978. The van der Waals surface area contributed by atoms with Crippen LogP contribution in [-0.4, -0.2) is 27.6 Å². The molecule has 0 spiro atoms. The largest absolute Gasteiger partial charge is 0.493 e. The fourth-order valence-electron chi connectivity index (χ4n) is 2.42. The van der Waals surface area contributed by atoms with E-state index in [0.717, 1.165) is 11.6 Å². The number of nitrogens with zero attached hydrogens (tertiary/aromatic N) is 2. The van der Waals surface area contributed by atoms with Crippen LogP contribution in [0.3, 0.4) is 0 Å². The summed E-state index contributed by atoms with van der Waals surface area (Å²) < 4.78 is 35.8. The molecule has 26 heavy (non-hydrogen) atoms. The lowest BCUT2D eigenvalue weighted by Gasteiger charge is -2.12. The summed E-state index contributed by atoms with van der Waals surface area (Å²) in [6.07, 6.45) is 0. The van der Waals surface area contributed by atoms with Crippen molar-refractivity contribution in [2.45, 2.75) is 17.2 Å². The molecule has 136 valence electrons. The Kier molecular flexibility index (Phi) is 5.47. The maximum atomic E-state index is 12.9. The van der Waals surface area contributed by atoms with Crippen molar-refractivity contribution in [2.75, 3.05) is 14.2 Å². The van der Waals surface area contributed by atoms with Crippen molar-refractivity contribution in [3.05, 3.63) is 69.1 Å². The van der Waals surface area contributed by atoms with Gasteiger partial charge in [0.25, 0.3) is 9.84 Å². The molecule has 2 aromatic carbocycles. The van der Waals surface area contributed by atoms with Gasteiger partial charge < -0.3 is 9.47 Å². The molecule has 2 rings (SSSR count). The number of nitro groups is 1. The molecule has 0 heterocycles. The fourth-order valence-corrected chi connectivity index (χ4v) is 3.83. The van der Waals surface area contributed by atoms with Crippen LogP contribution in [0, 0.1) is 23.6 Å². The highest BCUT2D eigenvalue weighted by atomic mass is 32.2. The topological polar surface area (TPSA) is 100 Å². The molecular formula is C17H16N2O6S. The molecule has 1 unspecified atom stereocenters. The first kappa shape index (κ1) is 19.2. The summed E-state index contributed by atoms with van der Waals surface area (Å²) >= 11 is 0. The van der Waals surface area contributed by atoms with Crippen LogP contribution >= 0.6 is 0 Å². The van der Waals surface area contributed by atoms with E-state index in [2.05, 4.69) is 4.85 Å². The number of ether oxygens (including phenoxy) is 2. The van der Waals surface area contributed by atoms with Crippen LogP contribution < -0.4 is 9.47 Å². The normalized spacial score (nSPS) is 12.1. The summed E-state index contributed by atoms with van der Waals surface area (Å²) in [4.78, 5) is 13.8. The number of hydrogen-bond acceptors (Lipinski definition) is 6. The molecule has 0 bridgehead atoms. The van der Waals surface area contributed by atoms with E-state index in [9.17, 15) is 18.5 Å². The second-order valence-corrected chi connectivity index (χ2v) is 7.38. The molecule has 0 aliphatic carbocycles. The second kappa shape index (κ2) is 7.41. The number of aryl methyl sites for hydroxylation is 1. The average molecular weight is 376 g/mol. The van der Waals surface area contributed by atoms with Crippen molar-refractivity contribution in [1.82, 2.24) is 0 Å². The SMILES string of the molecule is [C-]#[N+]C(c1cc(OC)c(OC)c([N+](=O)[O-])c1)S(=O)(=O)c1ccc(C)cc1. The minimum Gasteiger partial charge on any atom is -0.493 e. The number of benzene rings is 2. The highest BCUT2D eigenvalue weighted by Gasteiger charge is 2.37. The summed E-state index contributed by atoms with van der Waals surface area (Å²) in [5.74, 6) is -0.165. The summed E-state index contributed by atoms with van der Waals surface area (Å²) in [6.45, 7) is 9.16. The maximum Gasteiger partial charge on any atom is 0.350 e. The zero-order chi connectivity index (χ0) is 19.5. The average Bonchev–Trinajstić information content (AvgIpc) is 2.61. The molecule has 0 aliphatic rings. The Morgan fingerprint density at radius 2 is 1.77 bits per heavy atom. The van der Waals surface area contributed by atoms with Crippen molar-refractivity contribution in [2.24, 2.45) is 0 Å². The van der Waals surface area contributed by atoms with E-state index >= 15 is 0 Å². The Morgan fingerprint density at radius 1 is 1.15 bits per heavy atom. The number of nitro benzene ring substituents is 1. The van der Waals surface area contributed by atoms with Gasteiger partial charge in [0.2, 0.25) is 5.75 Å². The molecule has 0 aliphatic heterocycles. The van der Waals surface area contributed by atoms with Gasteiger partial charge in [0.05, 0.1) is 29.6 Å². The van der Waals surface area contributed by atoms with E-state index in [1.807, 2.05) is 0 Å². The number of sulfone groups is 1. The van der Waals surface area contributed by atoms with Crippen LogP contribution in [0.5, 0.6) is 11.5 Å². The van der Waals surface area contributed by atoms with Gasteiger partial charge in [-0.15, -0.1) is 0 Å². The van der Waals surface area contributed by atoms with Crippen LogP contribution in [0.15, 0.2) is 41.3 Å².